The summed E-state index contributed by atoms with van der Waals surface area (Å²) in [7, 11) is 1.77. The Morgan fingerprint density at radius 1 is 1.03 bits per heavy atom. The first-order valence-corrected chi connectivity index (χ1v) is 12.5. The lowest BCUT2D eigenvalue weighted by atomic mass is 9.85. The predicted octanol–water partition coefficient (Wildman–Crippen LogP) is 2.66. The van der Waals surface area contributed by atoms with Crippen molar-refractivity contribution >= 4 is 52.7 Å². The third-order valence-corrected chi connectivity index (χ3v) is 7.44. The van der Waals surface area contributed by atoms with E-state index in [1.807, 2.05) is 30.3 Å². The minimum absolute atomic E-state index is 0.0169. The van der Waals surface area contributed by atoms with Crippen LogP contribution in [-0.2, 0) is 9.59 Å². The van der Waals surface area contributed by atoms with Crippen molar-refractivity contribution in [3.63, 3.8) is 0 Å². The van der Waals surface area contributed by atoms with E-state index >= 15 is 0 Å². The van der Waals surface area contributed by atoms with Gasteiger partial charge in [-0.2, -0.15) is 0 Å². The molecule has 2 saturated heterocycles. The van der Waals surface area contributed by atoms with Crippen LogP contribution in [0.4, 0.5) is 10.5 Å². The van der Waals surface area contributed by atoms with E-state index in [4.69, 9.17) is 23.2 Å². The first kappa shape index (κ1) is 26.6. The molecule has 2 aliphatic heterocycles. The van der Waals surface area contributed by atoms with Gasteiger partial charge in [-0.1, -0.05) is 47.5 Å². The zero-order valence-electron chi connectivity index (χ0n) is 20.1. The molecule has 2 fully saturated rings. The fourth-order valence-corrected chi connectivity index (χ4v) is 5.40. The molecule has 0 radical (unpaired) electrons. The monoisotopic (exact) mass is 547 g/mol. The summed E-state index contributed by atoms with van der Waals surface area (Å²) in [4.78, 5) is 55.6. The van der Waals surface area contributed by atoms with Crippen LogP contribution in [0.25, 0.3) is 0 Å². The van der Waals surface area contributed by atoms with Gasteiger partial charge < -0.3 is 30.4 Å². The van der Waals surface area contributed by atoms with Crippen molar-refractivity contribution in [2.75, 3.05) is 38.3 Å². The summed E-state index contributed by atoms with van der Waals surface area (Å²) in [6, 6.07) is 12.3. The number of likely N-dealkylation sites (tertiary alicyclic amines) is 1. The average molecular weight is 548 g/mol. The number of aliphatic carboxylic acids is 1. The molecule has 4 rings (SSSR count). The summed E-state index contributed by atoms with van der Waals surface area (Å²) >= 11 is 12.1. The Kier molecular flexibility index (Phi) is 7.79. The fourth-order valence-electron chi connectivity index (χ4n) is 4.83. The molecule has 2 aromatic rings. The summed E-state index contributed by atoms with van der Waals surface area (Å²) in [6.07, 6.45) is 0.866. The molecule has 1 spiro atoms. The minimum Gasteiger partial charge on any atom is -0.480 e. The molecule has 1 atom stereocenters. The maximum atomic E-state index is 13.1. The molecule has 2 aromatic carbocycles. The number of carbonyl (C=O) groups is 4. The van der Waals surface area contributed by atoms with Gasteiger partial charge in [-0.15, -0.1) is 0 Å². The molecule has 4 amide bonds. The Balaban J connectivity index is 1.37. The van der Waals surface area contributed by atoms with Gasteiger partial charge in [0.2, 0.25) is 5.91 Å². The highest BCUT2D eigenvalue weighted by molar-refractivity contribution is 6.39. The van der Waals surface area contributed by atoms with Gasteiger partial charge in [-0.05, 0) is 37.1 Å². The largest absolute Gasteiger partial charge is 0.480 e. The maximum absolute atomic E-state index is 13.1. The first-order valence-electron chi connectivity index (χ1n) is 11.7. The third-order valence-electron chi connectivity index (χ3n) is 6.81. The van der Waals surface area contributed by atoms with Crippen LogP contribution in [0.2, 0.25) is 10.0 Å². The second kappa shape index (κ2) is 10.9. The quantitative estimate of drug-likeness (QED) is 0.511. The van der Waals surface area contributed by atoms with Gasteiger partial charge in [0.1, 0.15) is 11.6 Å². The number of carboxylic acids is 1. The number of hydrogen-bond acceptors (Lipinski definition) is 5. The molecule has 1 unspecified atom stereocenters. The van der Waals surface area contributed by atoms with Crippen molar-refractivity contribution in [1.82, 2.24) is 20.4 Å². The van der Waals surface area contributed by atoms with Crippen molar-refractivity contribution in [2.45, 2.75) is 24.4 Å². The highest BCUT2D eigenvalue weighted by Gasteiger charge is 2.53. The standard InChI is InChI=1S/C25H27Cl2N5O5/c1-30-15-32(16-6-3-2-4-7-16)25(23(30)36)10-12-31(13-11-25)24(37)28-14-19(22(34)35)29-21(33)20-17(26)8-5-9-18(20)27/h2-9,19H,10-15H2,1H3,(H,28,37)(H,29,33)(H,34,35). The Bertz CT molecular complexity index is 1180. The van der Waals surface area contributed by atoms with Gasteiger partial charge in [-0.25, -0.2) is 9.59 Å². The molecule has 0 bridgehead atoms. The molecular formula is C25H27Cl2N5O5. The molecular weight excluding hydrogens is 521 g/mol. The van der Waals surface area contributed by atoms with Gasteiger partial charge in [0, 0.05) is 25.8 Å². The molecule has 3 N–H and O–H groups in total. The third kappa shape index (κ3) is 5.30. The van der Waals surface area contributed by atoms with Gasteiger partial charge in [-0.3, -0.25) is 9.59 Å². The van der Waals surface area contributed by atoms with Gasteiger partial charge in [0.25, 0.3) is 5.91 Å². The van der Waals surface area contributed by atoms with Crippen molar-refractivity contribution in [3.05, 3.63) is 64.1 Å². The number of anilines is 1. The molecule has 2 heterocycles. The van der Waals surface area contributed by atoms with E-state index < -0.39 is 29.5 Å². The molecule has 0 saturated carbocycles. The van der Waals surface area contributed by atoms with Gasteiger partial charge in [0.15, 0.2) is 0 Å². The summed E-state index contributed by atoms with van der Waals surface area (Å²) in [5.41, 5.74) is 0.161. The number of halogens is 2. The topological polar surface area (TPSA) is 122 Å². The second-order valence-corrected chi connectivity index (χ2v) is 9.89. The lowest BCUT2D eigenvalue weighted by molar-refractivity contribution is -0.139. The van der Waals surface area contributed by atoms with E-state index in [2.05, 4.69) is 15.5 Å². The number of benzene rings is 2. The predicted molar refractivity (Wildman–Crippen MR) is 139 cm³/mol. The Hall–Kier alpha value is -3.50. The van der Waals surface area contributed by atoms with Crippen LogP contribution >= 0.6 is 23.2 Å². The Morgan fingerprint density at radius 2 is 1.65 bits per heavy atom. The van der Waals surface area contributed by atoms with Crippen LogP contribution in [0.1, 0.15) is 23.2 Å². The highest BCUT2D eigenvalue weighted by atomic mass is 35.5. The van der Waals surface area contributed by atoms with Crippen molar-refractivity contribution in [1.29, 1.82) is 0 Å². The van der Waals surface area contributed by atoms with Crippen LogP contribution in [0.3, 0.4) is 0 Å². The van der Waals surface area contributed by atoms with Crippen LogP contribution in [0, 0.1) is 0 Å². The number of piperidine rings is 1. The van der Waals surface area contributed by atoms with Gasteiger partial charge in [0.05, 0.1) is 28.8 Å². The van der Waals surface area contributed by atoms with Crippen LogP contribution in [0.15, 0.2) is 48.5 Å². The van der Waals surface area contributed by atoms with Crippen molar-refractivity contribution in [2.24, 2.45) is 0 Å². The lowest BCUT2D eigenvalue weighted by Crippen LogP contribution is -2.59. The molecule has 10 nitrogen and oxygen atoms in total. The van der Waals surface area contributed by atoms with E-state index in [1.54, 1.807) is 22.9 Å². The van der Waals surface area contributed by atoms with Crippen LogP contribution < -0.4 is 15.5 Å². The highest BCUT2D eigenvalue weighted by Crippen LogP contribution is 2.38. The molecule has 37 heavy (non-hydrogen) atoms. The zero-order chi connectivity index (χ0) is 26.7. The molecule has 0 aromatic heterocycles. The van der Waals surface area contributed by atoms with E-state index in [0.717, 1.165) is 5.69 Å². The number of carbonyl (C=O) groups excluding carboxylic acids is 3. The number of urea groups is 1. The fraction of sp³-hybridized carbons (Fsp3) is 0.360. The lowest BCUT2D eigenvalue weighted by Gasteiger charge is -2.43. The van der Waals surface area contributed by atoms with E-state index in [1.165, 1.54) is 12.1 Å². The Labute approximate surface area is 224 Å². The van der Waals surface area contributed by atoms with E-state index in [0.29, 0.717) is 32.6 Å². The van der Waals surface area contributed by atoms with Crippen LogP contribution in [-0.4, -0.2) is 83.7 Å². The van der Waals surface area contributed by atoms with Crippen molar-refractivity contribution in [3.8, 4) is 0 Å². The smallest absolute Gasteiger partial charge is 0.328 e. The molecule has 2 aliphatic rings. The number of nitrogens with one attached hydrogen (secondary N) is 2. The molecule has 0 aliphatic carbocycles. The Morgan fingerprint density at radius 3 is 2.24 bits per heavy atom. The summed E-state index contributed by atoms with van der Waals surface area (Å²) in [6.45, 7) is 0.744. The number of likely N-dealkylation sites (N-methyl/N-ethyl adjacent to an activating group) is 1. The second-order valence-electron chi connectivity index (χ2n) is 9.07. The first-order chi connectivity index (χ1) is 17.6. The van der Waals surface area contributed by atoms with Gasteiger partial charge >= 0.3 is 12.0 Å². The number of hydrogen-bond donors (Lipinski definition) is 3. The van der Waals surface area contributed by atoms with Crippen molar-refractivity contribution < 1.29 is 24.3 Å². The van der Waals surface area contributed by atoms with E-state index in [9.17, 15) is 24.3 Å². The van der Waals surface area contributed by atoms with Crippen LogP contribution in [0.5, 0.6) is 0 Å². The number of rotatable bonds is 6. The SMILES string of the molecule is CN1CN(c2ccccc2)C2(CCN(C(=O)NCC(NC(=O)c3c(Cl)cccc3Cl)C(=O)O)CC2)C1=O. The normalized spacial score (nSPS) is 17.6. The summed E-state index contributed by atoms with van der Waals surface area (Å²) in [5.74, 6) is -2.07. The minimum atomic E-state index is -1.40. The number of amides is 4. The number of nitrogens with zero attached hydrogens (tertiary/aromatic N) is 3. The summed E-state index contributed by atoms with van der Waals surface area (Å²) < 4.78 is 0. The molecule has 196 valence electrons. The van der Waals surface area contributed by atoms with E-state index in [-0.39, 0.29) is 28.1 Å². The number of para-hydroxylation sites is 1. The maximum Gasteiger partial charge on any atom is 0.328 e. The zero-order valence-corrected chi connectivity index (χ0v) is 21.6. The number of carboxylic acid groups (broad SMARTS) is 1. The average Bonchev–Trinajstić information content (AvgIpc) is 3.12. The summed E-state index contributed by atoms with van der Waals surface area (Å²) in [5, 5.41) is 14.7. The molecule has 12 heteroatoms.